The summed E-state index contributed by atoms with van der Waals surface area (Å²) in [5, 5.41) is 4.47. The number of aromatic nitrogens is 3. The molecule has 6 nitrogen and oxygen atoms in total. The largest absolute Gasteiger partial charge is 0.494 e. The maximum Gasteiger partial charge on any atom is 0.291 e. The van der Waals surface area contributed by atoms with E-state index in [1.165, 1.54) is 35.1 Å². The van der Waals surface area contributed by atoms with E-state index in [-0.39, 0.29) is 11.7 Å². The second kappa shape index (κ2) is 9.81. The van der Waals surface area contributed by atoms with E-state index in [2.05, 4.69) is 23.1 Å². The lowest BCUT2D eigenvalue weighted by Gasteiger charge is -2.22. The van der Waals surface area contributed by atoms with Crippen LogP contribution in [0.4, 0.5) is 0 Å². The van der Waals surface area contributed by atoms with Crippen molar-refractivity contribution in [1.29, 1.82) is 0 Å². The van der Waals surface area contributed by atoms with Gasteiger partial charge in [-0.2, -0.15) is 9.50 Å². The van der Waals surface area contributed by atoms with Crippen LogP contribution in [-0.4, -0.2) is 27.3 Å². The topological polar surface area (TPSA) is 65.7 Å². The van der Waals surface area contributed by atoms with Crippen molar-refractivity contribution in [3.63, 3.8) is 0 Å². The Labute approximate surface area is 202 Å². The van der Waals surface area contributed by atoms with Crippen LogP contribution in [0.3, 0.4) is 0 Å². The van der Waals surface area contributed by atoms with Crippen LogP contribution in [0.5, 0.6) is 11.5 Å². The molecule has 0 amide bonds. The normalized spacial score (nSPS) is 15.8. The second-order valence-corrected chi connectivity index (χ2v) is 9.43. The van der Waals surface area contributed by atoms with E-state index in [0.29, 0.717) is 15.3 Å². The molecule has 2 aromatic carbocycles. The molecule has 4 aromatic rings. The molecule has 174 valence electrons. The number of fused-ring (bicyclic) bond motifs is 2. The predicted octanol–water partition coefficient (Wildman–Crippen LogP) is 5.14. The average molecular weight is 474 g/mol. The zero-order valence-electron chi connectivity index (χ0n) is 19.4. The Morgan fingerprint density at radius 1 is 1.12 bits per heavy atom. The molecule has 1 aliphatic heterocycles. The van der Waals surface area contributed by atoms with Crippen molar-refractivity contribution >= 4 is 28.4 Å². The first-order valence-corrected chi connectivity index (χ1v) is 12.6. The van der Waals surface area contributed by atoms with Gasteiger partial charge in [-0.15, -0.1) is 5.10 Å². The highest BCUT2D eigenvalue weighted by molar-refractivity contribution is 7.15. The molecule has 0 saturated carbocycles. The number of nitrogens with zero attached hydrogens (tertiary/aromatic N) is 3. The van der Waals surface area contributed by atoms with E-state index in [4.69, 9.17) is 9.47 Å². The number of unbranched alkanes of at least 4 members (excludes halogenated alkanes) is 3. The number of para-hydroxylation sites is 1. The number of ether oxygens (including phenoxy) is 2. The van der Waals surface area contributed by atoms with Crippen LogP contribution in [0.2, 0.25) is 0 Å². The van der Waals surface area contributed by atoms with Crippen molar-refractivity contribution < 1.29 is 9.47 Å². The SMILES string of the molecule is CCCCCCOc1ccc(-c2nc3s/c(=C/C4=Cc5ccccc5O[C@H]4C)c(=O)n3n2)cc1. The van der Waals surface area contributed by atoms with Crippen LogP contribution in [0.1, 0.15) is 45.1 Å². The molecule has 34 heavy (non-hydrogen) atoms. The highest BCUT2D eigenvalue weighted by Crippen LogP contribution is 2.29. The molecule has 5 rings (SSSR count). The van der Waals surface area contributed by atoms with Gasteiger partial charge < -0.3 is 9.47 Å². The Morgan fingerprint density at radius 2 is 1.94 bits per heavy atom. The van der Waals surface area contributed by atoms with Gasteiger partial charge in [0.15, 0.2) is 5.82 Å². The molecule has 0 bridgehead atoms. The Bertz CT molecular complexity index is 1440. The van der Waals surface area contributed by atoms with Gasteiger partial charge in [-0.1, -0.05) is 55.7 Å². The van der Waals surface area contributed by atoms with Crippen LogP contribution in [0, 0.1) is 0 Å². The second-order valence-electron chi connectivity index (χ2n) is 8.42. The van der Waals surface area contributed by atoms with E-state index in [1.807, 2.05) is 61.5 Å². The summed E-state index contributed by atoms with van der Waals surface area (Å²) in [5.41, 5.74) is 2.64. The molecule has 7 heteroatoms. The zero-order valence-corrected chi connectivity index (χ0v) is 20.2. The lowest BCUT2D eigenvalue weighted by atomic mass is 10.0. The van der Waals surface area contributed by atoms with E-state index < -0.39 is 0 Å². The fraction of sp³-hybridized carbons (Fsp3) is 0.296. The highest BCUT2D eigenvalue weighted by Gasteiger charge is 2.18. The fourth-order valence-electron chi connectivity index (χ4n) is 3.95. The van der Waals surface area contributed by atoms with Gasteiger partial charge >= 0.3 is 0 Å². The fourth-order valence-corrected chi connectivity index (χ4v) is 4.86. The van der Waals surface area contributed by atoms with Crippen LogP contribution in [-0.2, 0) is 0 Å². The first kappa shape index (κ1) is 22.3. The molecule has 0 saturated heterocycles. The van der Waals surface area contributed by atoms with Gasteiger partial charge in [0.25, 0.3) is 5.56 Å². The van der Waals surface area contributed by atoms with Crippen molar-refractivity contribution in [2.24, 2.45) is 0 Å². The average Bonchev–Trinajstić information content (AvgIpc) is 3.39. The van der Waals surface area contributed by atoms with Crippen LogP contribution >= 0.6 is 11.3 Å². The molecule has 0 aliphatic carbocycles. The Balaban J connectivity index is 1.35. The molecule has 1 atom stereocenters. The first-order chi connectivity index (χ1) is 16.6. The predicted molar refractivity (Wildman–Crippen MR) is 136 cm³/mol. The molecule has 0 fully saturated rings. The number of hydrogen-bond donors (Lipinski definition) is 0. The number of hydrogen-bond acceptors (Lipinski definition) is 6. The van der Waals surface area contributed by atoms with Gasteiger partial charge in [-0.3, -0.25) is 4.79 Å². The van der Waals surface area contributed by atoms with Crippen molar-refractivity contribution in [2.45, 2.75) is 45.6 Å². The van der Waals surface area contributed by atoms with E-state index in [0.717, 1.165) is 41.2 Å². The smallest absolute Gasteiger partial charge is 0.291 e. The third-order valence-electron chi connectivity index (χ3n) is 5.87. The van der Waals surface area contributed by atoms with Gasteiger partial charge in [0.2, 0.25) is 4.96 Å². The summed E-state index contributed by atoms with van der Waals surface area (Å²) < 4.78 is 13.8. The maximum atomic E-state index is 13.0. The number of benzene rings is 2. The first-order valence-electron chi connectivity index (χ1n) is 11.7. The van der Waals surface area contributed by atoms with Crippen LogP contribution in [0.25, 0.3) is 28.5 Å². The standard InChI is InChI=1S/C27H27N3O3S/c1-3-4-5-8-15-32-22-13-11-19(12-14-22)25-28-27-30(29-25)26(31)24(34-27)17-21-16-20-9-6-7-10-23(20)33-18(21)2/h6-7,9-14,16-18H,3-5,8,15H2,1-2H3/b24-17+/t18-/m0/s1. The summed E-state index contributed by atoms with van der Waals surface area (Å²) in [6, 6.07) is 15.6. The lowest BCUT2D eigenvalue weighted by Crippen LogP contribution is -2.26. The van der Waals surface area contributed by atoms with E-state index in [9.17, 15) is 4.79 Å². The summed E-state index contributed by atoms with van der Waals surface area (Å²) in [6.07, 6.45) is 8.53. The number of rotatable bonds is 8. The zero-order chi connectivity index (χ0) is 23.5. The summed E-state index contributed by atoms with van der Waals surface area (Å²) >= 11 is 1.34. The van der Waals surface area contributed by atoms with Crippen molar-refractivity contribution in [2.75, 3.05) is 6.61 Å². The van der Waals surface area contributed by atoms with Crippen molar-refractivity contribution in [3.8, 4) is 22.9 Å². The Kier molecular flexibility index (Phi) is 6.45. The lowest BCUT2D eigenvalue weighted by molar-refractivity contribution is 0.259. The summed E-state index contributed by atoms with van der Waals surface area (Å²) in [4.78, 5) is 18.2. The molecule has 1 aliphatic rings. The maximum absolute atomic E-state index is 13.0. The third kappa shape index (κ3) is 4.61. The van der Waals surface area contributed by atoms with Crippen LogP contribution in [0.15, 0.2) is 58.9 Å². The highest BCUT2D eigenvalue weighted by atomic mass is 32.1. The van der Waals surface area contributed by atoms with Gasteiger partial charge in [0.05, 0.1) is 11.1 Å². The molecule has 2 aromatic heterocycles. The molecule has 0 radical (unpaired) electrons. The molecule has 0 N–H and O–H groups in total. The van der Waals surface area contributed by atoms with Crippen LogP contribution < -0.4 is 19.6 Å². The molecule has 0 spiro atoms. The van der Waals surface area contributed by atoms with Crippen molar-refractivity contribution in [3.05, 3.63) is 74.6 Å². The molecule has 3 heterocycles. The molecular formula is C27H27N3O3S. The monoisotopic (exact) mass is 473 g/mol. The van der Waals surface area contributed by atoms with Gasteiger partial charge in [-0.05, 0) is 61.4 Å². The minimum atomic E-state index is -0.169. The minimum Gasteiger partial charge on any atom is -0.494 e. The van der Waals surface area contributed by atoms with E-state index in [1.54, 1.807) is 0 Å². The number of thiazole rings is 1. The Hall–Kier alpha value is -3.45. The van der Waals surface area contributed by atoms with Gasteiger partial charge in [-0.25, -0.2) is 0 Å². The molecule has 0 unspecified atom stereocenters. The Morgan fingerprint density at radius 3 is 2.74 bits per heavy atom. The summed E-state index contributed by atoms with van der Waals surface area (Å²) in [6.45, 7) is 4.91. The minimum absolute atomic E-state index is 0.139. The summed E-state index contributed by atoms with van der Waals surface area (Å²) in [5.74, 6) is 2.22. The molecular weight excluding hydrogens is 446 g/mol. The third-order valence-corrected chi connectivity index (χ3v) is 6.83. The van der Waals surface area contributed by atoms with Gasteiger partial charge in [0, 0.05) is 11.1 Å². The van der Waals surface area contributed by atoms with E-state index >= 15 is 0 Å². The summed E-state index contributed by atoms with van der Waals surface area (Å²) in [7, 11) is 0. The quantitative estimate of drug-likeness (QED) is 0.332. The van der Waals surface area contributed by atoms with Gasteiger partial charge in [0.1, 0.15) is 17.6 Å². The van der Waals surface area contributed by atoms with Crippen molar-refractivity contribution in [1.82, 2.24) is 14.6 Å².